The number of oxime groups is 1. The van der Waals surface area contributed by atoms with Crippen molar-refractivity contribution in [2.45, 2.75) is 26.0 Å². The summed E-state index contributed by atoms with van der Waals surface area (Å²) in [4.78, 5) is 16.9. The molecule has 1 amide bonds. The summed E-state index contributed by atoms with van der Waals surface area (Å²) in [7, 11) is 0. The van der Waals surface area contributed by atoms with Gasteiger partial charge in [0.1, 0.15) is 12.6 Å². The fourth-order valence-electron chi connectivity index (χ4n) is 1.82. The lowest BCUT2D eigenvalue weighted by Gasteiger charge is -1.99. The molecule has 2 aromatic heterocycles. The Labute approximate surface area is 114 Å². The van der Waals surface area contributed by atoms with E-state index >= 15 is 0 Å². The summed E-state index contributed by atoms with van der Waals surface area (Å²) in [5.74, 6) is 0.688. The zero-order valence-electron chi connectivity index (χ0n) is 10.8. The number of nitrogens with zero attached hydrogens (tertiary/aromatic N) is 4. The van der Waals surface area contributed by atoms with E-state index in [1.54, 1.807) is 23.1 Å². The minimum absolute atomic E-state index is 0.0158. The molecule has 104 valence electrons. The predicted octanol–water partition coefficient (Wildman–Crippen LogP) is 0.771. The van der Waals surface area contributed by atoms with Crippen LogP contribution in [0.1, 0.15) is 29.6 Å². The Morgan fingerprint density at radius 2 is 2.50 bits per heavy atom. The molecule has 0 spiro atoms. The van der Waals surface area contributed by atoms with Gasteiger partial charge >= 0.3 is 0 Å². The van der Waals surface area contributed by atoms with Crippen LogP contribution in [-0.4, -0.2) is 32.8 Å². The highest BCUT2D eigenvalue weighted by atomic mass is 16.6. The lowest BCUT2D eigenvalue weighted by Crippen LogP contribution is -2.30. The van der Waals surface area contributed by atoms with E-state index in [2.05, 4.69) is 20.7 Å². The highest BCUT2D eigenvalue weighted by Crippen LogP contribution is 2.09. The molecule has 1 aliphatic heterocycles. The minimum Gasteiger partial charge on any atom is -0.391 e. The summed E-state index contributed by atoms with van der Waals surface area (Å²) >= 11 is 0. The molecule has 3 heterocycles. The van der Waals surface area contributed by atoms with Gasteiger partial charge in [-0.15, -0.1) is 0 Å². The number of rotatable bonds is 3. The standard InChI is InChI=1S/C12H13N5O3/c1-8-5-11(16-19-8)14-12(18)10-6-9(20-15-10)7-17-4-2-3-13-17/h2-4,6,8H,5,7H2,1H3,(H,14,16,18). The van der Waals surface area contributed by atoms with Gasteiger partial charge in [0.15, 0.2) is 17.3 Å². The smallest absolute Gasteiger partial charge is 0.278 e. The number of amides is 1. The first-order chi connectivity index (χ1) is 9.70. The van der Waals surface area contributed by atoms with Crippen molar-refractivity contribution in [3.63, 3.8) is 0 Å². The monoisotopic (exact) mass is 275 g/mol. The molecular formula is C12H13N5O3. The maximum absolute atomic E-state index is 11.9. The summed E-state index contributed by atoms with van der Waals surface area (Å²) in [6.07, 6.45) is 4.03. The number of carbonyl (C=O) groups excluding carboxylic acids is 1. The molecule has 3 rings (SSSR count). The first kappa shape index (κ1) is 12.4. The molecular weight excluding hydrogens is 262 g/mol. The van der Waals surface area contributed by atoms with Crippen LogP contribution in [0.2, 0.25) is 0 Å². The molecule has 0 aliphatic carbocycles. The molecule has 0 fully saturated rings. The van der Waals surface area contributed by atoms with Gasteiger partial charge in [-0.05, 0) is 13.0 Å². The van der Waals surface area contributed by atoms with E-state index in [-0.39, 0.29) is 17.7 Å². The number of hydrogen-bond acceptors (Lipinski definition) is 6. The average molecular weight is 275 g/mol. The third-order valence-corrected chi connectivity index (χ3v) is 2.75. The molecule has 1 aliphatic rings. The molecule has 1 atom stereocenters. The molecule has 8 nitrogen and oxygen atoms in total. The summed E-state index contributed by atoms with van der Waals surface area (Å²) in [6.45, 7) is 2.30. The van der Waals surface area contributed by atoms with E-state index in [0.29, 0.717) is 24.6 Å². The number of hydrogen-bond donors (Lipinski definition) is 1. The fraction of sp³-hybridized carbons (Fsp3) is 0.333. The van der Waals surface area contributed by atoms with Crippen LogP contribution >= 0.6 is 0 Å². The molecule has 0 saturated carbocycles. The lowest BCUT2D eigenvalue weighted by molar-refractivity contribution is 0.0960. The quantitative estimate of drug-likeness (QED) is 0.892. The van der Waals surface area contributed by atoms with Gasteiger partial charge in [-0.1, -0.05) is 10.3 Å². The van der Waals surface area contributed by atoms with Gasteiger partial charge in [0.05, 0.1) is 0 Å². The van der Waals surface area contributed by atoms with E-state index < -0.39 is 0 Å². The first-order valence-electron chi connectivity index (χ1n) is 6.18. The molecule has 1 unspecified atom stereocenters. The second-order valence-electron chi connectivity index (χ2n) is 4.49. The van der Waals surface area contributed by atoms with Crippen LogP contribution in [0.4, 0.5) is 0 Å². The van der Waals surface area contributed by atoms with E-state index in [1.165, 1.54) is 0 Å². The number of carbonyl (C=O) groups is 1. The molecule has 8 heteroatoms. The molecule has 0 bridgehead atoms. The molecule has 20 heavy (non-hydrogen) atoms. The molecule has 0 radical (unpaired) electrons. The maximum atomic E-state index is 11.9. The van der Waals surface area contributed by atoms with Crippen molar-refractivity contribution in [2.24, 2.45) is 5.16 Å². The highest BCUT2D eigenvalue weighted by Gasteiger charge is 2.20. The second-order valence-corrected chi connectivity index (χ2v) is 4.49. The van der Waals surface area contributed by atoms with Gasteiger partial charge in [-0.25, -0.2) is 0 Å². The molecule has 0 aromatic carbocycles. The Bertz CT molecular complexity index is 631. The Hall–Kier alpha value is -2.64. The van der Waals surface area contributed by atoms with Crippen molar-refractivity contribution >= 4 is 11.7 Å². The largest absolute Gasteiger partial charge is 0.391 e. The van der Waals surface area contributed by atoms with Crippen molar-refractivity contribution in [2.75, 3.05) is 0 Å². The van der Waals surface area contributed by atoms with Crippen molar-refractivity contribution < 1.29 is 14.2 Å². The summed E-state index contributed by atoms with van der Waals surface area (Å²) in [5.41, 5.74) is 0.203. The normalized spacial score (nSPS) is 17.6. The Morgan fingerprint density at radius 1 is 1.60 bits per heavy atom. The summed E-state index contributed by atoms with van der Waals surface area (Å²) < 4.78 is 6.78. The van der Waals surface area contributed by atoms with Gasteiger partial charge in [-0.2, -0.15) is 5.10 Å². The molecule has 1 N–H and O–H groups in total. The fourth-order valence-corrected chi connectivity index (χ4v) is 1.82. The van der Waals surface area contributed by atoms with Crippen LogP contribution < -0.4 is 5.32 Å². The van der Waals surface area contributed by atoms with Crippen LogP contribution in [0.3, 0.4) is 0 Å². The Balaban J connectivity index is 1.63. The van der Waals surface area contributed by atoms with Crippen LogP contribution in [-0.2, 0) is 11.4 Å². The van der Waals surface area contributed by atoms with E-state index in [1.807, 2.05) is 13.0 Å². The number of nitrogens with one attached hydrogen (secondary N) is 1. The maximum Gasteiger partial charge on any atom is 0.278 e. The van der Waals surface area contributed by atoms with E-state index in [4.69, 9.17) is 9.36 Å². The van der Waals surface area contributed by atoms with Crippen LogP contribution in [0.5, 0.6) is 0 Å². The second kappa shape index (κ2) is 5.16. The first-order valence-corrected chi connectivity index (χ1v) is 6.18. The Kier molecular flexibility index (Phi) is 3.20. The highest BCUT2D eigenvalue weighted by molar-refractivity contribution is 6.05. The molecule has 0 saturated heterocycles. The number of aromatic nitrogens is 3. The summed E-state index contributed by atoms with van der Waals surface area (Å²) in [5, 5.41) is 14.2. The topological polar surface area (TPSA) is 94.5 Å². The zero-order valence-corrected chi connectivity index (χ0v) is 10.8. The zero-order chi connectivity index (χ0) is 13.9. The van der Waals surface area contributed by atoms with Crippen LogP contribution in [0.25, 0.3) is 0 Å². The van der Waals surface area contributed by atoms with Gasteiger partial charge in [0.2, 0.25) is 0 Å². The summed E-state index contributed by atoms with van der Waals surface area (Å²) in [6, 6.07) is 3.39. The van der Waals surface area contributed by atoms with Crippen LogP contribution in [0, 0.1) is 0 Å². The van der Waals surface area contributed by atoms with Crippen molar-refractivity contribution in [3.8, 4) is 0 Å². The van der Waals surface area contributed by atoms with Gasteiger partial charge in [0.25, 0.3) is 5.91 Å². The number of amidine groups is 1. The third kappa shape index (κ3) is 2.68. The van der Waals surface area contributed by atoms with Crippen molar-refractivity contribution in [3.05, 3.63) is 36.0 Å². The van der Waals surface area contributed by atoms with Gasteiger partial charge in [0, 0.05) is 24.9 Å². The third-order valence-electron chi connectivity index (χ3n) is 2.75. The van der Waals surface area contributed by atoms with Gasteiger partial charge < -0.3 is 14.7 Å². The van der Waals surface area contributed by atoms with Crippen molar-refractivity contribution in [1.29, 1.82) is 0 Å². The SMILES string of the molecule is CC1CC(NC(=O)c2cc(Cn3cccn3)on2)=NO1. The van der Waals surface area contributed by atoms with Crippen molar-refractivity contribution in [1.82, 2.24) is 20.3 Å². The van der Waals surface area contributed by atoms with E-state index in [0.717, 1.165) is 0 Å². The van der Waals surface area contributed by atoms with Crippen LogP contribution in [0.15, 0.2) is 34.2 Å². The van der Waals surface area contributed by atoms with Gasteiger partial charge in [-0.3, -0.25) is 9.48 Å². The predicted molar refractivity (Wildman–Crippen MR) is 67.9 cm³/mol. The lowest BCUT2D eigenvalue weighted by atomic mass is 10.2. The average Bonchev–Trinajstić information content (AvgIpc) is 3.12. The van der Waals surface area contributed by atoms with E-state index in [9.17, 15) is 4.79 Å². The minimum atomic E-state index is -0.364. The molecule has 2 aromatic rings. The Morgan fingerprint density at radius 3 is 3.20 bits per heavy atom.